The quantitative estimate of drug-likeness (QED) is 0.589. The predicted molar refractivity (Wildman–Crippen MR) is 81.7 cm³/mol. The van der Waals surface area contributed by atoms with Crippen molar-refractivity contribution in [3.63, 3.8) is 0 Å². The minimum Gasteiger partial charge on any atom is -0.385 e. The van der Waals surface area contributed by atoms with Crippen LogP contribution in [0.2, 0.25) is 0 Å². The molecule has 6 nitrogen and oxygen atoms in total. The first kappa shape index (κ1) is 17.9. The molecule has 0 radical (unpaired) electrons. The maximum atomic E-state index is 12.5. The van der Waals surface area contributed by atoms with Crippen molar-refractivity contribution in [2.45, 2.75) is 64.1 Å². The van der Waals surface area contributed by atoms with Crippen LogP contribution in [0, 0.1) is 0 Å². The van der Waals surface area contributed by atoms with Gasteiger partial charge in [0.25, 0.3) is 0 Å². The highest BCUT2D eigenvalue weighted by Gasteiger charge is 2.48. The van der Waals surface area contributed by atoms with Gasteiger partial charge in [0, 0.05) is 37.4 Å². The lowest BCUT2D eigenvalue weighted by Crippen LogP contribution is -2.67. The first-order chi connectivity index (χ1) is 9.62. The van der Waals surface area contributed by atoms with E-state index in [-0.39, 0.29) is 6.04 Å². The Bertz CT molecular complexity index is 376. The zero-order chi connectivity index (χ0) is 16.3. The molecule has 0 bridgehead atoms. The van der Waals surface area contributed by atoms with Crippen LogP contribution in [0.4, 0.5) is 0 Å². The van der Waals surface area contributed by atoms with Crippen molar-refractivity contribution in [2.24, 2.45) is 5.73 Å². The largest absolute Gasteiger partial charge is 0.385 e. The van der Waals surface area contributed by atoms with Gasteiger partial charge in [-0.25, -0.2) is 0 Å². The number of nitrogens with two attached hydrogens (primary N) is 1. The van der Waals surface area contributed by atoms with Gasteiger partial charge >= 0.3 is 11.8 Å². The van der Waals surface area contributed by atoms with Crippen LogP contribution >= 0.6 is 0 Å². The van der Waals surface area contributed by atoms with E-state index in [0.717, 1.165) is 0 Å². The van der Waals surface area contributed by atoms with Crippen molar-refractivity contribution in [2.75, 3.05) is 20.3 Å². The van der Waals surface area contributed by atoms with Crippen LogP contribution in [0.1, 0.15) is 47.0 Å². The summed E-state index contributed by atoms with van der Waals surface area (Å²) in [6.45, 7) is 8.85. The van der Waals surface area contributed by atoms with Crippen LogP contribution in [0.5, 0.6) is 0 Å². The molecule has 0 aromatic carbocycles. The highest BCUT2D eigenvalue weighted by molar-refractivity contribution is 6.35. The fourth-order valence-corrected chi connectivity index (χ4v) is 3.50. The standard InChI is InChI=1S/C15H29N3O3/c1-14(2)9-11(16)10-15(3,4)18(14)13(20)12(19)17-7-6-8-21-5/h11H,6-10,16H2,1-5H3,(H,17,19). The average Bonchev–Trinajstić information content (AvgIpc) is 2.30. The van der Waals surface area contributed by atoms with Gasteiger partial charge in [0.15, 0.2) is 0 Å². The van der Waals surface area contributed by atoms with E-state index < -0.39 is 22.9 Å². The van der Waals surface area contributed by atoms with Crippen LogP contribution in [-0.2, 0) is 14.3 Å². The summed E-state index contributed by atoms with van der Waals surface area (Å²) in [6, 6.07) is 0.0452. The van der Waals surface area contributed by atoms with Crippen molar-refractivity contribution in [3.05, 3.63) is 0 Å². The zero-order valence-electron chi connectivity index (χ0n) is 13.9. The molecule has 1 aliphatic rings. The molecule has 6 heteroatoms. The summed E-state index contributed by atoms with van der Waals surface area (Å²) in [4.78, 5) is 26.3. The predicted octanol–water partition coefficient (Wildman–Crippen LogP) is 0.646. The van der Waals surface area contributed by atoms with E-state index in [9.17, 15) is 9.59 Å². The fraction of sp³-hybridized carbons (Fsp3) is 0.867. The Kier molecular flexibility index (Phi) is 5.75. The van der Waals surface area contributed by atoms with Gasteiger partial charge in [0.05, 0.1) is 0 Å². The molecule has 1 rings (SSSR count). The lowest BCUT2D eigenvalue weighted by Gasteiger charge is -2.54. The number of ether oxygens (including phenoxy) is 1. The smallest absolute Gasteiger partial charge is 0.312 e. The molecule has 0 spiro atoms. The number of methoxy groups -OCH3 is 1. The van der Waals surface area contributed by atoms with Crippen molar-refractivity contribution in [3.8, 4) is 0 Å². The summed E-state index contributed by atoms with van der Waals surface area (Å²) < 4.78 is 4.92. The Morgan fingerprint density at radius 3 is 2.24 bits per heavy atom. The van der Waals surface area contributed by atoms with E-state index in [1.807, 2.05) is 27.7 Å². The lowest BCUT2D eigenvalue weighted by atomic mass is 9.77. The number of hydrogen-bond donors (Lipinski definition) is 2. The van der Waals surface area contributed by atoms with Crippen molar-refractivity contribution in [1.82, 2.24) is 10.2 Å². The van der Waals surface area contributed by atoms with Crippen LogP contribution in [0.3, 0.4) is 0 Å². The van der Waals surface area contributed by atoms with Gasteiger partial charge in [0.1, 0.15) is 0 Å². The van der Waals surface area contributed by atoms with Crippen molar-refractivity contribution < 1.29 is 14.3 Å². The molecular formula is C15H29N3O3. The third-order valence-electron chi connectivity index (χ3n) is 3.94. The zero-order valence-corrected chi connectivity index (χ0v) is 13.9. The maximum Gasteiger partial charge on any atom is 0.312 e. The normalized spacial score (nSPS) is 21.1. The Balaban J connectivity index is 2.76. The minimum atomic E-state index is -0.553. The third-order valence-corrected chi connectivity index (χ3v) is 3.94. The molecular weight excluding hydrogens is 270 g/mol. The summed E-state index contributed by atoms with van der Waals surface area (Å²) >= 11 is 0. The number of rotatable bonds is 4. The van der Waals surface area contributed by atoms with E-state index in [1.165, 1.54) is 0 Å². The van der Waals surface area contributed by atoms with Crippen molar-refractivity contribution in [1.29, 1.82) is 0 Å². The van der Waals surface area contributed by atoms with Crippen LogP contribution in [0.15, 0.2) is 0 Å². The number of carbonyl (C=O) groups is 2. The Morgan fingerprint density at radius 1 is 1.24 bits per heavy atom. The minimum absolute atomic E-state index is 0.0452. The van der Waals surface area contributed by atoms with E-state index in [2.05, 4.69) is 5.32 Å². The van der Waals surface area contributed by atoms with Gasteiger partial charge in [0.2, 0.25) is 0 Å². The van der Waals surface area contributed by atoms with Gasteiger partial charge in [-0.15, -0.1) is 0 Å². The van der Waals surface area contributed by atoms with E-state index >= 15 is 0 Å². The average molecular weight is 299 g/mol. The van der Waals surface area contributed by atoms with Gasteiger partial charge in [-0.05, 0) is 47.0 Å². The summed E-state index contributed by atoms with van der Waals surface area (Å²) in [5.74, 6) is -1.03. The second kappa shape index (κ2) is 6.75. The number of piperidine rings is 1. The molecule has 3 N–H and O–H groups in total. The van der Waals surface area contributed by atoms with Gasteiger partial charge in [-0.3, -0.25) is 9.59 Å². The van der Waals surface area contributed by atoms with Crippen LogP contribution < -0.4 is 11.1 Å². The molecule has 0 aromatic heterocycles. The molecule has 0 atom stereocenters. The van der Waals surface area contributed by atoms with E-state index in [1.54, 1.807) is 12.0 Å². The fourth-order valence-electron chi connectivity index (χ4n) is 3.50. The summed E-state index contributed by atoms with van der Waals surface area (Å²) in [7, 11) is 1.61. The van der Waals surface area contributed by atoms with E-state index in [4.69, 9.17) is 10.5 Å². The number of nitrogens with one attached hydrogen (secondary N) is 1. The molecule has 21 heavy (non-hydrogen) atoms. The number of likely N-dealkylation sites (tertiary alicyclic amines) is 1. The molecule has 1 heterocycles. The van der Waals surface area contributed by atoms with Gasteiger partial charge in [-0.1, -0.05) is 0 Å². The molecule has 122 valence electrons. The number of amides is 2. The SMILES string of the molecule is COCCCNC(=O)C(=O)N1C(C)(C)CC(N)CC1(C)C. The first-order valence-electron chi connectivity index (χ1n) is 7.49. The molecule has 1 saturated heterocycles. The number of hydrogen-bond acceptors (Lipinski definition) is 4. The Morgan fingerprint density at radius 2 is 1.76 bits per heavy atom. The number of nitrogens with zero attached hydrogens (tertiary/aromatic N) is 1. The molecule has 0 unspecified atom stereocenters. The molecule has 2 amide bonds. The molecule has 1 aliphatic heterocycles. The summed E-state index contributed by atoms with van der Waals surface area (Å²) in [5.41, 5.74) is 5.23. The first-order valence-corrected chi connectivity index (χ1v) is 7.49. The third kappa shape index (κ3) is 4.41. The van der Waals surface area contributed by atoms with Gasteiger partial charge in [-0.2, -0.15) is 0 Å². The van der Waals surface area contributed by atoms with Crippen molar-refractivity contribution >= 4 is 11.8 Å². The summed E-state index contributed by atoms with van der Waals surface area (Å²) in [6.07, 6.45) is 2.07. The van der Waals surface area contributed by atoms with Crippen LogP contribution in [0.25, 0.3) is 0 Å². The van der Waals surface area contributed by atoms with Gasteiger partial charge < -0.3 is 20.7 Å². The molecule has 0 saturated carbocycles. The summed E-state index contributed by atoms with van der Waals surface area (Å²) in [5, 5.41) is 2.66. The molecule has 0 aliphatic carbocycles. The Hall–Kier alpha value is -1.14. The molecule has 0 aromatic rings. The maximum absolute atomic E-state index is 12.5. The van der Waals surface area contributed by atoms with E-state index in [0.29, 0.717) is 32.4 Å². The lowest BCUT2D eigenvalue weighted by molar-refractivity contribution is -0.159. The Labute approximate surface area is 127 Å². The number of carbonyl (C=O) groups excluding carboxylic acids is 2. The topological polar surface area (TPSA) is 84.7 Å². The highest BCUT2D eigenvalue weighted by Crippen LogP contribution is 2.37. The second-order valence-electron chi connectivity index (χ2n) is 7.04. The van der Waals surface area contributed by atoms with Crippen LogP contribution in [-0.4, -0.2) is 54.1 Å². The second-order valence-corrected chi connectivity index (χ2v) is 7.04. The highest BCUT2D eigenvalue weighted by atomic mass is 16.5. The monoisotopic (exact) mass is 299 g/mol. The molecule has 1 fully saturated rings.